The highest BCUT2D eigenvalue weighted by Gasteiger charge is 2.26. The van der Waals surface area contributed by atoms with E-state index in [0.717, 1.165) is 42.9 Å². The number of hydrogen-bond acceptors (Lipinski definition) is 6. The first-order valence-electron chi connectivity index (χ1n) is 11.1. The number of anilines is 3. The minimum atomic E-state index is -0.876. The average Bonchev–Trinajstić information content (AvgIpc) is 2.81. The predicted molar refractivity (Wildman–Crippen MR) is 124 cm³/mol. The monoisotopic (exact) mass is 437 g/mol. The number of nitriles is 1. The van der Waals surface area contributed by atoms with Crippen molar-refractivity contribution in [2.75, 3.05) is 31.0 Å². The van der Waals surface area contributed by atoms with Gasteiger partial charge in [0.1, 0.15) is 0 Å². The second-order valence-corrected chi connectivity index (χ2v) is 8.00. The van der Waals surface area contributed by atoms with E-state index in [4.69, 9.17) is 14.7 Å². The summed E-state index contributed by atoms with van der Waals surface area (Å²) in [6.45, 7) is 3.27. The predicted octanol–water partition coefficient (Wildman–Crippen LogP) is 4.88. The van der Waals surface area contributed by atoms with Gasteiger partial charge in [0, 0.05) is 26.0 Å². The lowest BCUT2D eigenvalue weighted by Crippen LogP contribution is -2.39. The highest BCUT2D eigenvalue weighted by atomic mass is 16.5. The summed E-state index contributed by atoms with van der Waals surface area (Å²) in [6, 6.07) is 15.2. The molecule has 1 aliphatic rings. The van der Waals surface area contributed by atoms with E-state index in [0.29, 0.717) is 24.2 Å². The molecule has 7 heteroatoms. The third-order valence-electron chi connectivity index (χ3n) is 5.83. The van der Waals surface area contributed by atoms with Crippen LogP contribution < -0.4 is 10.6 Å². The molecule has 3 N–H and O–H groups in total. The fourth-order valence-corrected chi connectivity index (χ4v) is 4.07. The molecule has 1 saturated heterocycles. The van der Waals surface area contributed by atoms with Crippen LogP contribution in [-0.2, 0) is 14.3 Å². The molecule has 2 aromatic carbocycles. The van der Waals surface area contributed by atoms with E-state index in [9.17, 15) is 9.90 Å². The largest absolute Gasteiger partial charge is 0.481 e. The molecule has 7 nitrogen and oxygen atoms in total. The van der Waals surface area contributed by atoms with Crippen LogP contribution in [0.5, 0.6) is 0 Å². The molecule has 3 atom stereocenters. The summed E-state index contributed by atoms with van der Waals surface area (Å²) in [5.41, 5.74) is 3.79. The van der Waals surface area contributed by atoms with E-state index in [1.807, 2.05) is 30.3 Å². The number of nitrogens with one attached hydrogen (secondary N) is 2. The number of hydrogen-bond donors (Lipinski definition) is 3. The summed E-state index contributed by atoms with van der Waals surface area (Å²) in [4.78, 5) is 11.9. The summed E-state index contributed by atoms with van der Waals surface area (Å²) >= 11 is 0. The van der Waals surface area contributed by atoms with Crippen LogP contribution >= 0.6 is 0 Å². The van der Waals surface area contributed by atoms with Crippen molar-refractivity contribution in [1.29, 1.82) is 5.26 Å². The van der Waals surface area contributed by atoms with Gasteiger partial charge in [-0.3, -0.25) is 4.79 Å². The first kappa shape index (κ1) is 23.6. The molecule has 1 heterocycles. The Morgan fingerprint density at radius 3 is 2.72 bits per heavy atom. The smallest absolute Gasteiger partial charge is 0.311 e. The topological polar surface area (TPSA) is 104 Å². The lowest BCUT2D eigenvalue weighted by atomic mass is 9.94. The zero-order chi connectivity index (χ0) is 22.9. The quantitative estimate of drug-likeness (QED) is 0.487. The fourth-order valence-electron chi connectivity index (χ4n) is 4.07. The second-order valence-electron chi connectivity index (χ2n) is 8.00. The average molecular weight is 438 g/mol. The SMILES string of the molecule is CCC1OCCCC1Nc1ccc(C(CCOC)C(=O)O)cc1Nc1ccc(C#N)cc1. The summed E-state index contributed by atoms with van der Waals surface area (Å²) in [5, 5.41) is 25.8. The van der Waals surface area contributed by atoms with Crippen molar-refractivity contribution < 1.29 is 19.4 Å². The van der Waals surface area contributed by atoms with Crippen LogP contribution in [0.4, 0.5) is 17.1 Å². The van der Waals surface area contributed by atoms with Crippen molar-refractivity contribution in [3.8, 4) is 6.07 Å². The molecule has 1 aliphatic heterocycles. The third kappa shape index (κ3) is 6.00. The van der Waals surface area contributed by atoms with Gasteiger partial charge in [-0.2, -0.15) is 5.26 Å². The van der Waals surface area contributed by atoms with Crippen molar-refractivity contribution in [3.63, 3.8) is 0 Å². The Labute approximate surface area is 189 Å². The molecule has 0 bridgehead atoms. The Balaban J connectivity index is 1.93. The van der Waals surface area contributed by atoms with Gasteiger partial charge in [0.15, 0.2) is 0 Å². The van der Waals surface area contributed by atoms with Crippen molar-refractivity contribution >= 4 is 23.0 Å². The van der Waals surface area contributed by atoms with Crippen molar-refractivity contribution in [1.82, 2.24) is 0 Å². The first-order chi connectivity index (χ1) is 15.5. The molecule has 0 spiro atoms. The summed E-state index contributed by atoms with van der Waals surface area (Å²) in [6.07, 6.45) is 3.47. The van der Waals surface area contributed by atoms with E-state index < -0.39 is 11.9 Å². The van der Waals surface area contributed by atoms with Crippen molar-refractivity contribution in [2.24, 2.45) is 0 Å². The van der Waals surface area contributed by atoms with E-state index in [1.165, 1.54) is 0 Å². The standard InChI is InChI=1S/C25H31N3O4/c1-3-24-22(5-4-13-32-24)28-21-11-8-18(20(25(29)30)12-14-31-2)15-23(21)27-19-9-6-17(16-26)7-10-19/h6-11,15,20,22,24,27-28H,3-5,12-14H2,1-2H3,(H,29,30). The molecule has 3 unspecified atom stereocenters. The molecule has 0 aliphatic carbocycles. The molecule has 0 amide bonds. The van der Waals surface area contributed by atoms with Crippen LogP contribution in [0, 0.1) is 11.3 Å². The lowest BCUT2D eigenvalue weighted by molar-refractivity contribution is -0.139. The Morgan fingerprint density at radius 2 is 2.06 bits per heavy atom. The minimum Gasteiger partial charge on any atom is -0.481 e. The van der Waals surface area contributed by atoms with Gasteiger partial charge in [-0.25, -0.2) is 0 Å². The molecular formula is C25H31N3O4. The molecule has 0 radical (unpaired) electrons. The van der Waals surface area contributed by atoms with Gasteiger partial charge < -0.3 is 25.2 Å². The maximum atomic E-state index is 11.9. The minimum absolute atomic E-state index is 0.139. The van der Waals surface area contributed by atoms with Crippen molar-refractivity contribution in [3.05, 3.63) is 53.6 Å². The van der Waals surface area contributed by atoms with Gasteiger partial charge in [-0.1, -0.05) is 13.0 Å². The van der Waals surface area contributed by atoms with Gasteiger partial charge in [0.05, 0.1) is 41.1 Å². The molecule has 32 heavy (non-hydrogen) atoms. The molecule has 1 fully saturated rings. The van der Waals surface area contributed by atoms with E-state index in [1.54, 1.807) is 19.2 Å². The Morgan fingerprint density at radius 1 is 1.28 bits per heavy atom. The number of rotatable bonds is 10. The number of carbonyl (C=O) groups is 1. The van der Waals surface area contributed by atoms with Crippen LogP contribution in [-0.4, -0.2) is 43.5 Å². The van der Waals surface area contributed by atoms with Crippen molar-refractivity contribution in [2.45, 2.75) is 50.7 Å². The highest BCUT2D eigenvalue weighted by molar-refractivity contribution is 5.80. The number of carboxylic acids is 1. The lowest BCUT2D eigenvalue weighted by Gasteiger charge is -2.33. The molecular weight excluding hydrogens is 406 g/mol. The summed E-state index contributed by atoms with van der Waals surface area (Å²) < 4.78 is 11.0. The first-order valence-corrected chi connectivity index (χ1v) is 11.1. The number of ether oxygens (including phenoxy) is 2. The Kier molecular flexibility index (Phi) is 8.48. The normalized spacial score (nSPS) is 19.0. The van der Waals surface area contributed by atoms with Gasteiger partial charge in [0.25, 0.3) is 0 Å². The van der Waals surface area contributed by atoms with E-state index >= 15 is 0 Å². The van der Waals surface area contributed by atoms with Gasteiger partial charge in [-0.05, 0) is 67.6 Å². The van der Waals surface area contributed by atoms with Gasteiger partial charge in [0.2, 0.25) is 0 Å². The van der Waals surface area contributed by atoms with E-state index in [2.05, 4.69) is 23.6 Å². The number of methoxy groups -OCH3 is 1. The Hall–Kier alpha value is -3.08. The second kappa shape index (κ2) is 11.5. The molecule has 0 saturated carbocycles. The fraction of sp³-hybridized carbons (Fsp3) is 0.440. The van der Waals surface area contributed by atoms with E-state index in [-0.39, 0.29) is 12.1 Å². The van der Waals surface area contributed by atoms with Crippen LogP contribution in [0.15, 0.2) is 42.5 Å². The van der Waals surface area contributed by atoms with Gasteiger partial charge in [-0.15, -0.1) is 0 Å². The number of aliphatic carboxylic acids is 1. The molecule has 2 aromatic rings. The zero-order valence-corrected chi connectivity index (χ0v) is 18.6. The Bertz CT molecular complexity index is 939. The third-order valence-corrected chi connectivity index (χ3v) is 5.83. The maximum absolute atomic E-state index is 11.9. The molecule has 3 rings (SSSR count). The number of nitrogens with zero attached hydrogens (tertiary/aromatic N) is 1. The summed E-state index contributed by atoms with van der Waals surface area (Å²) in [5.74, 6) is -1.54. The van der Waals surface area contributed by atoms with Crippen LogP contribution in [0.3, 0.4) is 0 Å². The zero-order valence-electron chi connectivity index (χ0n) is 18.6. The molecule has 170 valence electrons. The van der Waals surface area contributed by atoms with Gasteiger partial charge >= 0.3 is 5.97 Å². The number of carboxylic acid groups (broad SMARTS) is 1. The molecule has 0 aromatic heterocycles. The number of benzene rings is 2. The summed E-state index contributed by atoms with van der Waals surface area (Å²) in [7, 11) is 1.57. The van der Waals surface area contributed by atoms with Crippen LogP contribution in [0.1, 0.15) is 49.7 Å². The highest BCUT2D eigenvalue weighted by Crippen LogP contribution is 2.33. The maximum Gasteiger partial charge on any atom is 0.311 e. The van der Waals surface area contributed by atoms with Crippen LogP contribution in [0.2, 0.25) is 0 Å². The van der Waals surface area contributed by atoms with Crippen LogP contribution in [0.25, 0.3) is 0 Å².